The fourth-order valence-electron chi connectivity index (χ4n) is 3.06. The van der Waals surface area contributed by atoms with Crippen LogP contribution >= 0.6 is 0 Å². The van der Waals surface area contributed by atoms with Crippen LogP contribution in [0.25, 0.3) is 0 Å². The number of esters is 2. The van der Waals surface area contributed by atoms with Crippen LogP contribution in [0.1, 0.15) is 53.9 Å². The van der Waals surface area contributed by atoms with E-state index in [0.29, 0.717) is 24.7 Å². The first kappa shape index (κ1) is 19.5. The molecule has 0 saturated heterocycles. The third kappa shape index (κ3) is 5.22. The van der Waals surface area contributed by atoms with Gasteiger partial charge in [-0.1, -0.05) is 51.8 Å². The molecule has 0 amide bonds. The molecule has 1 rings (SSSR count). The van der Waals surface area contributed by atoms with E-state index in [1.54, 1.807) is 19.9 Å². The lowest BCUT2D eigenvalue weighted by atomic mass is 9.67. The van der Waals surface area contributed by atoms with Crippen molar-refractivity contribution in [2.24, 2.45) is 17.3 Å². The quantitative estimate of drug-likeness (QED) is 0.632. The van der Waals surface area contributed by atoms with Gasteiger partial charge in [0.2, 0.25) is 0 Å². The Bertz CT molecular complexity index is 476. The Hall–Kier alpha value is -1.58. The summed E-state index contributed by atoms with van der Waals surface area (Å²) in [5.74, 6) is -0.751. The van der Waals surface area contributed by atoms with Crippen molar-refractivity contribution >= 4 is 11.9 Å². The van der Waals surface area contributed by atoms with Crippen LogP contribution in [0.4, 0.5) is 0 Å². The maximum absolute atomic E-state index is 12.5. The fourth-order valence-corrected chi connectivity index (χ4v) is 3.06. The highest BCUT2D eigenvalue weighted by molar-refractivity contribution is 5.97. The average molecular weight is 322 g/mol. The van der Waals surface area contributed by atoms with E-state index in [-0.39, 0.29) is 5.97 Å². The van der Waals surface area contributed by atoms with Crippen LogP contribution in [0.5, 0.6) is 0 Å². The van der Waals surface area contributed by atoms with Gasteiger partial charge < -0.3 is 9.47 Å². The molecule has 2 unspecified atom stereocenters. The van der Waals surface area contributed by atoms with Crippen molar-refractivity contribution in [2.75, 3.05) is 13.2 Å². The first-order chi connectivity index (χ1) is 10.9. The Balaban J connectivity index is 3.03. The minimum Gasteiger partial charge on any atom is -0.465 e. The third-order valence-electron chi connectivity index (χ3n) is 4.25. The second-order valence-corrected chi connectivity index (χ2v) is 6.68. The monoisotopic (exact) mass is 322 g/mol. The van der Waals surface area contributed by atoms with Crippen LogP contribution in [0.15, 0.2) is 23.8 Å². The topological polar surface area (TPSA) is 52.6 Å². The van der Waals surface area contributed by atoms with E-state index in [1.807, 2.05) is 19.1 Å². The van der Waals surface area contributed by atoms with E-state index in [4.69, 9.17) is 9.47 Å². The fraction of sp³-hybridized carbons (Fsp3) is 0.684. The minimum absolute atomic E-state index is 0.291. The zero-order valence-corrected chi connectivity index (χ0v) is 15.1. The summed E-state index contributed by atoms with van der Waals surface area (Å²) in [4.78, 5) is 24.8. The molecule has 2 atom stereocenters. The Morgan fingerprint density at radius 1 is 1.22 bits per heavy atom. The Kier molecular flexibility index (Phi) is 7.53. The molecule has 0 saturated carbocycles. The summed E-state index contributed by atoms with van der Waals surface area (Å²) in [6.45, 7) is 10.5. The Morgan fingerprint density at radius 2 is 1.87 bits per heavy atom. The van der Waals surface area contributed by atoms with Crippen molar-refractivity contribution in [3.63, 3.8) is 0 Å². The molecular weight excluding hydrogens is 292 g/mol. The van der Waals surface area contributed by atoms with Crippen LogP contribution in [-0.2, 0) is 19.1 Å². The maximum atomic E-state index is 12.5. The van der Waals surface area contributed by atoms with Crippen molar-refractivity contribution in [2.45, 2.75) is 53.9 Å². The number of carbonyl (C=O) groups is 2. The van der Waals surface area contributed by atoms with Gasteiger partial charge in [0.25, 0.3) is 0 Å². The predicted molar refractivity (Wildman–Crippen MR) is 90.8 cm³/mol. The molecule has 4 nitrogen and oxygen atoms in total. The number of rotatable bonds is 8. The van der Waals surface area contributed by atoms with Gasteiger partial charge in [-0.25, -0.2) is 4.79 Å². The van der Waals surface area contributed by atoms with E-state index in [0.717, 1.165) is 19.3 Å². The van der Waals surface area contributed by atoms with Crippen LogP contribution < -0.4 is 0 Å². The van der Waals surface area contributed by atoms with Gasteiger partial charge in [-0.05, 0) is 26.2 Å². The number of carbonyl (C=O) groups excluding carboxylic acids is 2. The molecule has 0 fully saturated rings. The summed E-state index contributed by atoms with van der Waals surface area (Å²) in [7, 11) is 0. The van der Waals surface area contributed by atoms with Gasteiger partial charge in [0, 0.05) is 5.41 Å². The predicted octanol–water partition coefficient (Wildman–Crippen LogP) is 4.06. The summed E-state index contributed by atoms with van der Waals surface area (Å²) in [6.07, 6.45) is 8.50. The lowest BCUT2D eigenvalue weighted by molar-refractivity contribution is -0.153. The highest BCUT2D eigenvalue weighted by atomic mass is 16.5. The number of allylic oxidation sites excluding steroid dienone is 3. The molecule has 1 aliphatic carbocycles. The molecule has 0 radical (unpaired) electrons. The number of hydrogen-bond acceptors (Lipinski definition) is 4. The van der Waals surface area contributed by atoms with Crippen molar-refractivity contribution in [3.8, 4) is 0 Å². The highest BCUT2D eigenvalue weighted by Gasteiger charge is 2.44. The molecule has 23 heavy (non-hydrogen) atoms. The van der Waals surface area contributed by atoms with E-state index in [1.165, 1.54) is 0 Å². The zero-order valence-electron chi connectivity index (χ0n) is 15.1. The smallest absolute Gasteiger partial charge is 0.334 e. The summed E-state index contributed by atoms with van der Waals surface area (Å²) in [5, 5.41) is 0. The van der Waals surface area contributed by atoms with Crippen molar-refractivity contribution in [1.82, 2.24) is 0 Å². The first-order valence-corrected chi connectivity index (χ1v) is 8.58. The zero-order chi connectivity index (χ0) is 17.5. The minimum atomic E-state index is -0.598. The van der Waals surface area contributed by atoms with E-state index in [2.05, 4.69) is 13.8 Å². The van der Waals surface area contributed by atoms with Gasteiger partial charge in [0.05, 0.1) is 24.7 Å². The summed E-state index contributed by atoms with van der Waals surface area (Å²) < 4.78 is 10.4. The Morgan fingerprint density at radius 3 is 2.43 bits per heavy atom. The SMILES string of the molecule is CCOC(=O)C1=CC=CC(C)(CCCC(C)C)C1C(=O)OCC. The van der Waals surface area contributed by atoms with Crippen LogP contribution in [-0.4, -0.2) is 25.2 Å². The van der Waals surface area contributed by atoms with E-state index >= 15 is 0 Å². The Labute approximate surface area is 139 Å². The summed E-state index contributed by atoms with van der Waals surface area (Å²) in [6, 6.07) is 0. The standard InChI is InChI=1S/C19H30O4/c1-6-22-17(20)15-11-9-13-19(5,12-8-10-14(3)4)16(15)18(21)23-7-2/h9,11,13-14,16H,6-8,10,12H2,1-5H3. The average Bonchev–Trinajstić information content (AvgIpc) is 2.46. The number of ether oxygens (including phenoxy) is 2. The molecule has 4 heteroatoms. The van der Waals surface area contributed by atoms with Crippen LogP contribution in [0.3, 0.4) is 0 Å². The van der Waals surface area contributed by atoms with E-state index in [9.17, 15) is 9.59 Å². The first-order valence-electron chi connectivity index (χ1n) is 8.58. The molecule has 0 aromatic carbocycles. The van der Waals surface area contributed by atoms with Crippen LogP contribution in [0.2, 0.25) is 0 Å². The van der Waals surface area contributed by atoms with Gasteiger partial charge in [-0.2, -0.15) is 0 Å². The molecule has 0 N–H and O–H groups in total. The molecule has 0 aromatic rings. The number of hydrogen-bond donors (Lipinski definition) is 0. The maximum Gasteiger partial charge on any atom is 0.334 e. The normalized spacial score (nSPS) is 23.6. The third-order valence-corrected chi connectivity index (χ3v) is 4.25. The molecule has 0 aromatic heterocycles. The molecule has 1 aliphatic rings. The van der Waals surface area contributed by atoms with Gasteiger partial charge in [0.15, 0.2) is 0 Å². The summed E-state index contributed by atoms with van der Waals surface area (Å²) >= 11 is 0. The van der Waals surface area contributed by atoms with Gasteiger partial charge >= 0.3 is 11.9 Å². The lowest BCUT2D eigenvalue weighted by Gasteiger charge is -2.36. The second kappa shape index (κ2) is 8.90. The van der Waals surface area contributed by atoms with Gasteiger partial charge in [-0.3, -0.25) is 4.79 Å². The summed E-state index contributed by atoms with van der Waals surface area (Å²) in [5.41, 5.74) is -0.0160. The molecule has 0 heterocycles. The molecular formula is C19H30O4. The lowest BCUT2D eigenvalue weighted by Crippen LogP contribution is -2.39. The van der Waals surface area contributed by atoms with Gasteiger partial charge in [0.1, 0.15) is 0 Å². The van der Waals surface area contributed by atoms with Crippen molar-refractivity contribution in [3.05, 3.63) is 23.8 Å². The van der Waals surface area contributed by atoms with Crippen LogP contribution in [0, 0.1) is 17.3 Å². The highest BCUT2D eigenvalue weighted by Crippen LogP contribution is 2.43. The second-order valence-electron chi connectivity index (χ2n) is 6.68. The molecule has 0 aliphatic heterocycles. The molecule has 130 valence electrons. The van der Waals surface area contributed by atoms with Gasteiger partial charge in [-0.15, -0.1) is 0 Å². The van der Waals surface area contributed by atoms with E-state index < -0.39 is 17.3 Å². The molecule has 0 bridgehead atoms. The van der Waals surface area contributed by atoms with Crippen molar-refractivity contribution in [1.29, 1.82) is 0 Å². The molecule has 0 spiro atoms. The van der Waals surface area contributed by atoms with Crippen molar-refractivity contribution < 1.29 is 19.1 Å². The largest absolute Gasteiger partial charge is 0.465 e.